The van der Waals surface area contributed by atoms with Gasteiger partial charge in [0.15, 0.2) is 5.82 Å². The number of aryl methyl sites for hydroxylation is 2. The number of nitrogens with zero attached hydrogens (tertiary/aromatic N) is 3. The molecule has 8 nitrogen and oxygen atoms in total. The Labute approximate surface area is 152 Å². The number of carboxylic acids is 1. The van der Waals surface area contributed by atoms with E-state index in [-0.39, 0.29) is 13.2 Å². The summed E-state index contributed by atoms with van der Waals surface area (Å²) in [7, 11) is 3.15. The summed E-state index contributed by atoms with van der Waals surface area (Å²) in [6, 6.07) is 2.86. The number of aliphatic carboxylic acids is 1. The molecule has 0 bridgehead atoms. The Morgan fingerprint density at radius 3 is 2.46 bits per heavy atom. The van der Waals surface area contributed by atoms with E-state index in [0.29, 0.717) is 23.8 Å². The van der Waals surface area contributed by atoms with E-state index in [9.17, 15) is 9.90 Å². The molecular formula is C18H25N3O5. The number of aromatic nitrogens is 2. The number of ether oxygens (including phenoxy) is 2. The third kappa shape index (κ3) is 4.39. The molecule has 0 spiro atoms. The van der Waals surface area contributed by atoms with Gasteiger partial charge in [0.1, 0.15) is 18.4 Å². The van der Waals surface area contributed by atoms with Crippen LogP contribution in [0.4, 0.5) is 0 Å². The number of benzene rings is 1. The molecule has 26 heavy (non-hydrogen) atoms. The van der Waals surface area contributed by atoms with E-state index in [1.165, 1.54) is 0 Å². The summed E-state index contributed by atoms with van der Waals surface area (Å²) in [5, 5.41) is 13.7. The normalized spacial score (nSPS) is 12.4. The minimum atomic E-state index is -0.938. The lowest BCUT2D eigenvalue weighted by Crippen LogP contribution is -2.34. The fourth-order valence-electron chi connectivity index (χ4n) is 3.07. The molecular weight excluding hydrogens is 338 g/mol. The van der Waals surface area contributed by atoms with Crippen molar-refractivity contribution in [3.8, 4) is 5.75 Å². The minimum absolute atomic E-state index is 0.230. The topological polar surface area (TPSA) is 97.9 Å². The molecule has 0 fully saturated rings. The Morgan fingerprint density at radius 2 is 1.96 bits per heavy atom. The Kier molecular flexibility index (Phi) is 6.70. The van der Waals surface area contributed by atoms with Gasteiger partial charge in [-0.3, -0.25) is 9.69 Å². The number of likely N-dealkylation sites (N-methyl/N-ethyl adjacent to an activating group) is 1. The van der Waals surface area contributed by atoms with Crippen molar-refractivity contribution in [1.29, 1.82) is 0 Å². The Hall–Kier alpha value is -2.45. The highest BCUT2D eigenvalue weighted by Gasteiger charge is 2.29. The van der Waals surface area contributed by atoms with Gasteiger partial charge in [-0.1, -0.05) is 24.2 Å². The molecule has 0 aliphatic heterocycles. The van der Waals surface area contributed by atoms with E-state index in [2.05, 4.69) is 10.1 Å². The predicted molar refractivity (Wildman–Crippen MR) is 93.9 cm³/mol. The van der Waals surface area contributed by atoms with Gasteiger partial charge in [-0.05, 0) is 37.1 Å². The molecule has 0 aliphatic rings. The van der Waals surface area contributed by atoms with Crippen molar-refractivity contribution >= 4 is 5.97 Å². The lowest BCUT2D eigenvalue weighted by molar-refractivity contribution is -0.144. The lowest BCUT2D eigenvalue weighted by Gasteiger charge is -2.27. The van der Waals surface area contributed by atoms with Crippen molar-refractivity contribution in [1.82, 2.24) is 15.0 Å². The van der Waals surface area contributed by atoms with Crippen molar-refractivity contribution in [3.63, 3.8) is 0 Å². The summed E-state index contributed by atoms with van der Waals surface area (Å²) in [4.78, 5) is 18.0. The molecule has 1 aromatic carbocycles. The van der Waals surface area contributed by atoms with E-state index in [1.54, 1.807) is 19.1 Å². The van der Waals surface area contributed by atoms with E-state index >= 15 is 0 Å². The molecule has 0 amide bonds. The lowest BCUT2D eigenvalue weighted by atomic mass is 9.99. The summed E-state index contributed by atoms with van der Waals surface area (Å²) in [5.41, 5.74) is 2.47. The molecule has 1 heterocycles. The Bertz CT molecular complexity index is 736. The largest absolute Gasteiger partial charge is 0.496 e. The fraction of sp³-hybridized carbons (Fsp3) is 0.500. The van der Waals surface area contributed by atoms with Crippen LogP contribution in [0.25, 0.3) is 0 Å². The van der Waals surface area contributed by atoms with Crippen molar-refractivity contribution in [2.24, 2.45) is 0 Å². The number of hydrogen-bond acceptors (Lipinski definition) is 7. The first-order valence-corrected chi connectivity index (χ1v) is 8.33. The standard InChI is InChI=1S/C18H25N3O5/c1-6-21(9-15-19-14(10-24-4)20-26-15)16(18(22)23)13-7-11(2)17(25-5)12(3)8-13/h7-8,16H,6,9-10H2,1-5H3,(H,22,23). The predicted octanol–water partition coefficient (Wildman–Crippen LogP) is 2.49. The van der Waals surface area contributed by atoms with Crippen LogP contribution in [-0.2, 0) is 22.7 Å². The maximum atomic E-state index is 12.0. The molecule has 0 saturated heterocycles. The first-order valence-electron chi connectivity index (χ1n) is 8.33. The Morgan fingerprint density at radius 1 is 1.31 bits per heavy atom. The number of carboxylic acid groups (broad SMARTS) is 1. The zero-order chi connectivity index (χ0) is 19.3. The highest BCUT2D eigenvalue weighted by Crippen LogP contribution is 2.30. The third-order valence-corrected chi connectivity index (χ3v) is 4.13. The van der Waals surface area contributed by atoms with Crippen LogP contribution in [0, 0.1) is 13.8 Å². The summed E-state index contributed by atoms with van der Waals surface area (Å²) in [6.45, 7) is 6.68. The minimum Gasteiger partial charge on any atom is -0.496 e. The average molecular weight is 363 g/mol. The fourth-order valence-corrected chi connectivity index (χ4v) is 3.07. The molecule has 0 aliphatic carbocycles. The molecule has 2 aromatic rings. The third-order valence-electron chi connectivity index (χ3n) is 4.13. The van der Waals surface area contributed by atoms with Crippen molar-refractivity contribution in [3.05, 3.63) is 40.5 Å². The second-order valence-corrected chi connectivity index (χ2v) is 6.03. The summed E-state index contributed by atoms with van der Waals surface area (Å²) in [6.07, 6.45) is 0. The smallest absolute Gasteiger partial charge is 0.325 e. The van der Waals surface area contributed by atoms with Crippen molar-refractivity contribution < 1.29 is 23.9 Å². The molecule has 0 saturated carbocycles. The van der Waals surface area contributed by atoms with Gasteiger partial charge in [-0.2, -0.15) is 4.98 Å². The van der Waals surface area contributed by atoms with Crippen LogP contribution in [0.5, 0.6) is 5.75 Å². The van der Waals surface area contributed by atoms with Crippen LogP contribution < -0.4 is 4.74 Å². The highest BCUT2D eigenvalue weighted by molar-refractivity contribution is 5.76. The molecule has 0 radical (unpaired) electrons. The van der Waals surface area contributed by atoms with Crippen molar-refractivity contribution in [2.75, 3.05) is 20.8 Å². The van der Waals surface area contributed by atoms with Crippen LogP contribution in [0.2, 0.25) is 0 Å². The summed E-state index contributed by atoms with van der Waals surface area (Å²) >= 11 is 0. The van der Waals surface area contributed by atoms with E-state index in [0.717, 1.165) is 16.9 Å². The zero-order valence-corrected chi connectivity index (χ0v) is 15.8. The zero-order valence-electron chi connectivity index (χ0n) is 15.8. The summed E-state index contributed by atoms with van der Waals surface area (Å²) in [5.74, 6) is 0.614. The van der Waals surface area contributed by atoms with Gasteiger partial charge < -0.3 is 19.1 Å². The van der Waals surface area contributed by atoms with Gasteiger partial charge in [0, 0.05) is 7.11 Å². The maximum Gasteiger partial charge on any atom is 0.325 e. The number of rotatable bonds is 9. The highest BCUT2D eigenvalue weighted by atomic mass is 16.5. The maximum absolute atomic E-state index is 12.0. The molecule has 2 rings (SSSR count). The molecule has 142 valence electrons. The number of carbonyl (C=O) groups is 1. The van der Waals surface area contributed by atoms with Crippen LogP contribution in [0.3, 0.4) is 0 Å². The monoisotopic (exact) mass is 363 g/mol. The SMILES string of the molecule is CCN(Cc1nc(COC)no1)C(C(=O)O)c1cc(C)c(OC)c(C)c1. The van der Waals surface area contributed by atoms with Gasteiger partial charge in [-0.25, -0.2) is 0 Å². The molecule has 1 unspecified atom stereocenters. The Balaban J connectivity index is 2.32. The molecule has 1 N–H and O–H groups in total. The average Bonchev–Trinajstić information content (AvgIpc) is 3.01. The van der Waals surface area contributed by atoms with Crippen LogP contribution in [0.1, 0.15) is 41.4 Å². The van der Waals surface area contributed by atoms with E-state index < -0.39 is 12.0 Å². The number of hydrogen-bond donors (Lipinski definition) is 1. The molecule has 1 atom stereocenters. The van der Waals surface area contributed by atoms with Gasteiger partial charge in [0.25, 0.3) is 0 Å². The second-order valence-electron chi connectivity index (χ2n) is 6.03. The quantitative estimate of drug-likeness (QED) is 0.726. The van der Waals surface area contributed by atoms with Gasteiger partial charge >= 0.3 is 5.97 Å². The molecule has 8 heteroatoms. The summed E-state index contributed by atoms with van der Waals surface area (Å²) < 4.78 is 15.5. The van der Waals surface area contributed by atoms with Crippen LogP contribution in [0.15, 0.2) is 16.7 Å². The van der Waals surface area contributed by atoms with Gasteiger partial charge in [0.05, 0.1) is 13.7 Å². The van der Waals surface area contributed by atoms with E-state index in [1.807, 2.05) is 32.9 Å². The van der Waals surface area contributed by atoms with Gasteiger partial charge in [0.2, 0.25) is 5.89 Å². The van der Waals surface area contributed by atoms with Crippen molar-refractivity contribution in [2.45, 2.75) is 40.0 Å². The second kappa shape index (κ2) is 8.77. The van der Waals surface area contributed by atoms with Crippen LogP contribution >= 0.6 is 0 Å². The van der Waals surface area contributed by atoms with E-state index in [4.69, 9.17) is 14.0 Å². The van der Waals surface area contributed by atoms with Gasteiger partial charge in [-0.15, -0.1) is 0 Å². The number of methoxy groups -OCH3 is 2. The first kappa shape index (κ1) is 19.9. The first-order chi connectivity index (χ1) is 12.4. The van der Waals surface area contributed by atoms with Crippen LogP contribution in [-0.4, -0.2) is 46.9 Å². The molecule has 1 aromatic heterocycles.